The molecule has 0 radical (unpaired) electrons. The Labute approximate surface area is 245 Å². The summed E-state index contributed by atoms with van der Waals surface area (Å²) in [6.07, 6.45) is -0.612. The van der Waals surface area contributed by atoms with Gasteiger partial charge >= 0.3 is 5.97 Å². The van der Waals surface area contributed by atoms with Gasteiger partial charge in [0, 0.05) is 11.1 Å². The summed E-state index contributed by atoms with van der Waals surface area (Å²) in [4.78, 5) is 15.0. The standard InChI is InChI=1S/C33H33N5O4/c1-4-42-30(39)23-37-32(25-17-21-29(41-3)22-18-25)36-38(27-13-9-6-10-14-27)33(37)31(24-15-19-28(40-2)20-16-24)35-34-26-11-7-5-8-12-26/h5-22,33-34H,4,23H2,1-3H3. The van der Waals surface area contributed by atoms with Crippen LogP contribution in [0.5, 0.6) is 11.5 Å². The highest BCUT2D eigenvalue weighted by molar-refractivity contribution is 6.13. The third kappa shape index (κ3) is 6.36. The van der Waals surface area contributed by atoms with E-state index in [9.17, 15) is 4.79 Å². The van der Waals surface area contributed by atoms with Crippen molar-refractivity contribution in [2.75, 3.05) is 37.8 Å². The fraction of sp³-hybridized carbons (Fsp3) is 0.182. The molecule has 1 atom stereocenters. The van der Waals surface area contributed by atoms with Crippen molar-refractivity contribution in [2.24, 2.45) is 10.2 Å². The molecule has 0 saturated heterocycles. The number of para-hydroxylation sites is 2. The molecule has 5 rings (SSSR count). The van der Waals surface area contributed by atoms with E-state index in [1.165, 1.54) is 0 Å². The summed E-state index contributed by atoms with van der Waals surface area (Å²) in [7, 11) is 3.25. The molecule has 1 heterocycles. The zero-order chi connectivity index (χ0) is 29.3. The largest absolute Gasteiger partial charge is 0.497 e. The first-order valence-corrected chi connectivity index (χ1v) is 13.6. The molecule has 0 fully saturated rings. The minimum atomic E-state index is -0.612. The topological polar surface area (TPSA) is 88.0 Å². The Morgan fingerprint density at radius 3 is 2.02 bits per heavy atom. The van der Waals surface area contributed by atoms with Crippen molar-refractivity contribution in [3.63, 3.8) is 0 Å². The molecule has 214 valence electrons. The van der Waals surface area contributed by atoms with Crippen molar-refractivity contribution in [3.05, 3.63) is 120 Å². The van der Waals surface area contributed by atoms with Gasteiger partial charge in [-0.1, -0.05) is 36.4 Å². The Morgan fingerprint density at radius 2 is 1.43 bits per heavy atom. The molecular formula is C33H33N5O4. The summed E-state index contributed by atoms with van der Waals surface area (Å²) in [5.74, 6) is 1.67. The number of nitrogens with one attached hydrogen (secondary N) is 1. The number of rotatable bonds is 11. The van der Waals surface area contributed by atoms with Gasteiger partial charge in [-0.3, -0.25) is 10.2 Å². The third-order valence-corrected chi connectivity index (χ3v) is 6.68. The van der Waals surface area contributed by atoms with Crippen molar-refractivity contribution in [2.45, 2.75) is 13.1 Å². The van der Waals surface area contributed by atoms with E-state index in [1.807, 2.05) is 119 Å². The second-order valence-corrected chi connectivity index (χ2v) is 9.34. The average molecular weight is 564 g/mol. The first-order chi connectivity index (χ1) is 20.6. The molecule has 4 aromatic rings. The monoisotopic (exact) mass is 563 g/mol. The zero-order valence-electron chi connectivity index (χ0n) is 23.8. The van der Waals surface area contributed by atoms with Crippen molar-refractivity contribution in [3.8, 4) is 11.5 Å². The maximum atomic E-state index is 13.1. The van der Waals surface area contributed by atoms with Crippen LogP contribution in [0.4, 0.5) is 11.4 Å². The molecule has 0 aromatic heterocycles. The van der Waals surface area contributed by atoms with Crippen LogP contribution in [0, 0.1) is 0 Å². The van der Waals surface area contributed by atoms with Crippen molar-refractivity contribution >= 4 is 28.9 Å². The van der Waals surface area contributed by atoms with Crippen LogP contribution >= 0.6 is 0 Å². The molecule has 0 aliphatic carbocycles. The number of hydrogen-bond acceptors (Lipinski definition) is 9. The molecule has 4 aromatic carbocycles. The number of methoxy groups -OCH3 is 2. The van der Waals surface area contributed by atoms with E-state index in [-0.39, 0.29) is 19.1 Å². The number of hydrazone groups is 2. The summed E-state index contributed by atoms with van der Waals surface area (Å²) in [6, 6.07) is 34.8. The smallest absolute Gasteiger partial charge is 0.325 e. The Bertz CT molecular complexity index is 1520. The van der Waals surface area contributed by atoms with E-state index in [0.717, 1.165) is 34.0 Å². The minimum Gasteiger partial charge on any atom is -0.497 e. The predicted octanol–water partition coefficient (Wildman–Crippen LogP) is 5.59. The van der Waals surface area contributed by atoms with E-state index in [0.29, 0.717) is 11.5 Å². The summed E-state index contributed by atoms with van der Waals surface area (Å²) in [6.45, 7) is 2.01. The van der Waals surface area contributed by atoms with Gasteiger partial charge in [0.15, 0.2) is 12.0 Å². The number of nitrogens with zero attached hydrogens (tertiary/aromatic N) is 4. The number of benzene rings is 4. The molecule has 42 heavy (non-hydrogen) atoms. The quantitative estimate of drug-likeness (QED) is 0.145. The van der Waals surface area contributed by atoms with Gasteiger partial charge in [-0.15, -0.1) is 0 Å². The molecule has 9 heteroatoms. The van der Waals surface area contributed by atoms with E-state index in [1.54, 1.807) is 21.1 Å². The van der Waals surface area contributed by atoms with Gasteiger partial charge in [0.2, 0.25) is 0 Å². The van der Waals surface area contributed by atoms with Gasteiger partial charge in [0.25, 0.3) is 0 Å². The Kier molecular flexibility index (Phi) is 8.98. The van der Waals surface area contributed by atoms with Gasteiger partial charge in [-0.2, -0.15) is 10.2 Å². The van der Waals surface area contributed by atoms with E-state index in [4.69, 9.17) is 24.4 Å². The van der Waals surface area contributed by atoms with Crippen molar-refractivity contribution in [1.82, 2.24) is 4.90 Å². The number of carbonyl (C=O) groups is 1. The molecule has 0 saturated carbocycles. The molecule has 0 spiro atoms. The molecule has 0 amide bonds. The maximum Gasteiger partial charge on any atom is 0.325 e. The van der Waals surface area contributed by atoms with Crippen LogP contribution in [0.3, 0.4) is 0 Å². The van der Waals surface area contributed by atoms with Crippen LogP contribution in [0.25, 0.3) is 0 Å². The van der Waals surface area contributed by atoms with Crippen molar-refractivity contribution < 1.29 is 19.0 Å². The lowest BCUT2D eigenvalue weighted by Gasteiger charge is -2.32. The SMILES string of the molecule is CCOC(=O)CN1C(c2ccc(OC)cc2)=NN(c2ccccc2)C1C(=NNc1ccccc1)c1ccc(OC)cc1. The van der Waals surface area contributed by atoms with E-state index < -0.39 is 6.17 Å². The fourth-order valence-corrected chi connectivity index (χ4v) is 4.65. The number of ether oxygens (including phenoxy) is 3. The van der Waals surface area contributed by atoms with Crippen LogP contribution in [-0.2, 0) is 9.53 Å². The maximum absolute atomic E-state index is 13.1. The number of anilines is 2. The zero-order valence-corrected chi connectivity index (χ0v) is 23.8. The molecule has 1 unspecified atom stereocenters. The number of esters is 1. The second kappa shape index (κ2) is 13.4. The second-order valence-electron chi connectivity index (χ2n) is 9.34. The summed E-state index contributed by atoms with van der Waals surface area (Å²) in [5.41, 5.74) is 7.14. The molecule has 1 aliphatic rings. The number of hydrogen-bond donors (Lipinski definition) is 1. The summed E-state index contributed by atoms with van der Waals surface area (Å²) < 4.78 is 16.2. The summed E-state index contributed by atoms with van der Waals surface area (Å²) in [5, 5.41) is 11.9. The minimum absolute atomic E-state index is 0.0484. The fourth-order valence-electron chi connectivity index (χ4n) is 4.65. The number of amidine groups is 1. The van der Waals surface area contributed by atoms with Crippen LogP contribution in [0.2, 0.25) is 0 Å². The lowest BCUT2D eigenvalue weighted by molar-refractivity contribution is -0.143. The predicted molar refractivity (Wildman–Crippen MR) is 165 cm³/mol. The normalized spacial score (nSPS) is 14.8. The van der Waals surface area contributed by atoms with E-state index >= 15 is 0 Å². The first kappa shape index (κ1) is 28.2. The Morgan fingerprint density at radius 1 is 0.833 bits per heavy atom. The van der Waals surface area contributed by atoms with Crippen LogP contribution in [-0.4, -0.2) is 56.0 Å². The molecule has 0 bridgehead atoms. The lowest BCUT2D eigenvalue weighted by atomic mass is 10.0. The summed E-state index contributed by atoms with van der Waals surface area (Å²) >= 11 is 0. The highest BCUT2D eigenvalue weighted by atomic mass is 16.5. The Hall–Kier alpha value is -5.31. The lowest BCUT2D eigenvalue weighted by Crippen LogP contribution is -2.50. The van der Waals surface area contributed by atoms with Crippen LogP contribution in [0.1, 0.15) is 18.1 Å². The molecule has 1 aliphatic heterocycles. The van der Waals surface area contributed by atoms with Crippen molar-refractivity contribution in [1.29, 1.82) is 0 Å². The third-order valence-electron chi connectivity index (χ3n) is 6.68. The van der Waals surface area contributed by atoms with Crippen LogP contribution in [0.15, 0.2) is 119 Å². The van der Waals surface area contributed by atoms with Gasteiger partial charge in [0.05, 0.1) is 32.2 Å². The highest BCUT2D eigenvalue weighted by Crippen LogP contribution is 2.31. The molecular weight excluding hydrogens is 530 g/mol. The van der Waals surface area contributed by atoms with Gasteiger partial charge < -0.3 is 19.1 Å². The first-order valence-electron chi connectivity index (χ1n) is 13.6. The molecule has 1 N–H and O–H groups in total. The Balaban J connectivity index is 1.68. The van der Waals surface area contributed by atoms with Gasteiger partial charge in [0.1, 0.15) is 23.8 Å². The van der Waals surface area contributed by atoms with Gasteiger partial charge in [-0.05, 0) is 79.7 Å². The average Bonchev–Trinajstić information content (AvgIpc) is 3.41. The highest BCUT2D eigenvalue weighted by Gasteiger charge is 2.41. The van der Waals surface area contributed by atoms with E-state index in [2.05, 4.69) is 5.43 Å². The van der Waals surface area contributed by atoms with Gasteiger partial charge in [-0.25, -0.2) is 5.01 Å². The molecule has 9 nitrogen and oxygen atoms in total. The number of carbonyl (C=O) groups excluding carboxylic acids is 1. The van der Waals surface area contributed by atoms with Crippen LogP contribution < -0.4 is 19.9 Å².